The highest BCUT2D eigenvalue weighted by atomic mass is 79.9. The molecule has 1 aliphatic heterocycles. The summed E-state index contributed by atoms with van der Waals surface area (Å²) in [6.45, 7) is 4.55. The second-order valence-electron chi connectivity index (χ2n) is 7.86. The van der Waals surface area contributed by atoms with Crippen molar-refractivity contribution in [3.63, 3.8) is 0 Å². The van der Waals surface area contributed by atoms with Crippen molar-refractivity contribution in [1.29, 1.82) is 0 Å². The summed E-state index contributed by atoms with van der Waals surface area (Å²) in [5.74, 6) is -0.564. The molecule has 8 nitrogen and oxygen atoms in total. The van der Waals surface area contributed by atoms with Crippen molar-refractivity contribution in [2.45, 2.75) is 27.0 Å². The van der Waals surface area contributed by atoms with Gasteiger partial charge in [0.25, 0.3) is 5.91 Å². The molecule has 35 heavy (non-hydrogen) atoms. The number of halogens is 1. The topological polar surface area (TPSA) is 97.3 Å². The summed E-state index contributed by atoms with van der Waals surface area (Å²) in [6, 6.07) is 19.3. The van der Waals surface area contributed by atoms with E-state index in [1.807, 2.05) is 25.1 Å². The molecule has 0 fully saturated rings. The van der Waals surface area contributed by atoms with E-state index in [1.165, 1.54) is 18.9 Å². The maximum Gasteiger partial charge on any atom is 0.308 e. The van der Waals surface area contributed by atoms with Gasteiger partial charge in [-0.3, -0.25) is 14.4 Å². The van der Waals surface area contributed by atoms with Crippen LogP contribution in [0.4, 0.5) is 5.69 Å². The monoisotopic (exact) mass is 535 g/mol. The molecule has 4 rings (SSSR count). The van der Waals surface area contributed by atoms with Gasteiger partial charge in [0.05, 0.1) is 5.56 Å². The Kier molecular flexibility index (Phi) is 6.97. The fraction of sp³-hybridized carbons (Fsp3) is 0.154. The number of ether oxygens (including phenoxy) is 2. The average Bonchev–Trinajstić information content (AvgIpc) is 3.26. The summed E-state index contributed by atoms with van der Waals surface area (Å²) in [6.07, 6.45) is -0.921. The van der Waals surface area contributed by atoms with Crippen LogP contribution in [0.1, 0.15) is 47.1 Å². The third-order valence-electron chi connectivity index (χ3n) is 5.24. The Labute approximate surface area is 210 Å². The second-order valence-corrected chi connectivity index (χ2v) is 8.78. The van der Waals surface area contributed by atoms with Crippen molar-refractivity contribution in [1.82, 2.24) is 5.01 Å². The smallest absolute Gasteiger partial charge is 0.308 e. The molecule has 0 aliphatic carbocycles. The number of rotatable bonds is 5. The van der Waals surface area contributed by atoms with E-state index in [1.54, 1.807) is 48.5 Å². The van der Waals surface area contributed by atoms with Crippen molar-refractivity contribution in [2.24, 2.45) is 5.10 Å². The molecule has 3 aromatic carbocycles. The molecule has 0 aromatic heterocycles. The Balaban J connectivity index is 1.56. The molecule has 0 spiro atoms. The summed E-state index contributed by atoms with van der Waals surface area (Å²) < 4.78 is 12.1. The summed E-state index contributed by atoms with van der Waals surface area (Å²) >= 11 is 3.40. The van der Waals surface area contributed by atoms with Gasteiger partial charge >= 0.3 is 5.97 Å². The molecule has 0 saturated heterocycles. The van der Waals surface area contributed by atoms with Crippen LogP contribution in [0.5, 0.6) is 5.75 Å². The molecule has 1 heterocycles. The molecule has 1 atom stereocenters. The first-order chi connectivity index (χ1) is 16.7. The maximum atomic E-state index is 12.6. The van der Waals surface area contributed by atoms with Gasteiger partial charge in [-0.2, -0.15) is 5.01 Å². The summed E-state index contributed by atoms with van der Waals surface area (Å²) in [5.41, 5.74) is 3.15. The molecular formula is C26H22BrN3O5. The number of anilines is 1. The van der Waals surface area contributed by atoms with Gasteiger partial charge in [-0.15, -0.1) is 5.10 Å². The molecule has 178 valence electrons. The Morgan fingerprint density at radius 2 is 1.74 bits per heavy atom. The van der Waals surface area contributed by atoms with Gasteiger partial charge in [-0.25, -0.2) is 0 Å². The van der Waals surface area contributed by atoms with Crippen molar-refractivity contribution in [3.8, 4) is 5.75 Å². The van der Waals surface area contributed by atoms with Gasteiger partial charge in [-0.05, 0) is 61.0 Å². The molecule has 1 N–H and O–H groups in total. The van der Waals surface area contributed by atoms with E-state index in [4.69, 9.17) is 9.47 Å². The molecule has 0 radical (unpaired) electrons. The highest BCUT2D eigenvalue weighted by Crippen LogP contribution is 2.37. The number of aryl methyl sites for hydroxylation is 1. The normalized spacial score (nSPS) is 14.7. The van der Waals surface area contributed by atoms with Crippen LogP contribution in [-0.2, 0) is 14.3 Å². The van der Waals surface area contributed by atoms with E-state index < -0.39 is 12.2 Å². The molecule has 0 bridgehead atoms. The number of nitrogens with zero attached hydrogens (tertiary/aromatic N) is 2. The molecule has 2 amide bonds. The predicted octanol–water partition coefficient (Wildman–Crippen LogP) is 5.17. The zero-order valence-corrected chi connectivity index (χ0v) is 20.8. The quantitative estimate of drug-likeness (QED) is 0.358. The van der Waals surface area contributed by atoms with Gasteiger partial charge in [0, 0.05) is 35.1 Å². The van der Waals surface area contributed by atoms with E-state index in [0.717, 1.165) is 10.0 Å². The Morgan fingerprint density at radius 1 is 1.03 bits per heavy atom. The van der Waals surface area contributed by atoms with Crippen molar-refractivity contribution >= 4 is 45.3 Å². The van der Waals surface area contributed by atoms with Gasteiger partial charge in [0.1, 0.15) is 5.75 Å². The molecule has 1 unspecified atom stereocenters. The Bertz CT molecular complexity index is 1340. The van der Waals surface area contributed by atoms with Crippen molar-refractivity contribution < 1.29 is 23.9 Å². The predicted molar refractivity (Wildman–Crippen MR) is 134 cm³/mol. The number of benzene rings is 3. The lowest BCUT2D eigenvalue weighted by atomic mass is 10.1. The molecular weight excluding hydrogens is 514 g/mol. The Morgan fingerprint density at radius 3 is 2.40 bits per heavy atom. The van der Waals surface area contributed by atoms with Crippen LogP contribution < -0.4 is 10.1 Å². The van der Waals surface area contributed by atoms with E-state index in [9.17, 15) is 14.4 Å². The van der Waals surface area contributed by atoms with Gasteiger partial charge in [0.2, 0.25) is 18.0 Å². The number of hydrazone groups is 1. The molecule has 1 aliphatic rings. The SMILES string of the molecule is CC(=O)Oc1ccc(Br)cc1C1OC(c2ccc(NC(=O)c3ccccc3C)cc2)=NN1C(C)=O. The third kappa shape index (κ3) is 5.41. The zero-order valence-electron chi connectivity index (χ0n) is 19.2. The minimum Gasteiger partial charge on any atom is -0.446 e. The number of hydrogen-bond donors (Lipinski definition) is 1. The minimum absolute atomic E-state index is 0.208. The fourth-order valence-electron chi connectivity index (χ4n) is 3.57. The first kappa shape index (κ1) is 24.2. The molecule has 3 aromatic rings. The third-order valence-corrected chi connectivity index (χ3v) is 5.73. The van der Waals surface area contributed by atoms with Crippen LogP contribution in [0.3, 0.4) is 0 Å². The van der Waals surface area contributed by atoms with E-state index >= 15 is 0 Å². The summed E-state index contributed by atoms with van der Waals surface area (Å²) in [7, 11) is 0. The summed E-state index contributed by atoms with van der Waals surface area (Å²) in [4.78, 5) is 36.5. The van der Waals surface area contributed by atoms with Gasteiger partial charge in [0.15, 0.2) is 0 Å². The van der Waals surface area contributed by atoms with Crippen molar-refractivity contribution in [2.75, 3.05) is 5.32 Å². The average molecular weight is 536 g/mol. The molecule has 9 heteroatoms. The highest BCUT2D eigenvalue weighted by molar-refractivity contribution is 9.10. The van der Waals surface area contributed by atoms with Crippen molar-refractivity contribution in [3.05, 3.63) is 93.5 Å². The lowest BCUT2D eigenvalue weighted by Crippen LogP contribution is -2.26. The van der Waals surface area contributed by atoms with Gasteiger partial charge in [-0.1, -0.05) is 34.1 Å². The van der Waals surface area contributed by atoms with Crippen LogP contribution in [0, 0.1) is 6.92 Å². The summed E-state index contributed by atoms with van der Waals surface area (Å²) in [5, 5.41) is 8.42. The first-order valence-electron chi connectivity index (χ1n) is 10.7. The van der Waals surface area contributed by atoms with E-state index in [2.05, 4.69) is 26.3 Å². The second kappa shape index (κ2) is 10.1. The fourth-order valence-corrected chi connectivity index (χ4v) is 3.95. The lowest BCUT2D eigenvalue weighted by molar-refractivity contribution is -0.135. The lowest BCUT2D eigenvalue weighted by Gasteiger charge is -2.21. The largest absolute Gasteiger partial charge is 0.446 e. The highest BCUT2D eigenvalue weighted by Gasteiger charge is 2.35. The number of carbonyl (C=O) groups excluding carboxylic acids is 3. The van der Waals surface area contributed by atoms with Crippen LogP contribution in [0.15, 0.2) is 76.3 Å². The van der Waals surface area contributed by atoms with Crippen LogP contribution in [-0.4, -0.2) is 28.7 Å². The molecule has 0 saturated carbocycles. The number of amides is 2. The van der Waals surface area contributed by atoms with Crippen LogP contribution in [0.2, 0.25) is 0 Å². The number of esters is 1. The van der Waals surface area contributed by atoms with E-state index in [0.29, 0.717) is 22.4 Å². The number of hydrogen-bond acceptors (Lipinski definition) is 6. The van der Waals surface area contributed by atoms with Gasteiger partial charge < -0.3 is 14.8 Å². The van der Waals surface area contributed by atoms with E-state index in [-0.39, 0.29) is 23.5 Å². The van der Waals surface area contributed by atoms with Crippen LogP contribution >= 0.6 is 15.9 Å². The number of carbonyl (C=O) groups is 3. The minimum atomic E-state index is -0.921. The maximum absolute atomic E-state index is 12.6. The van der Waals surface area contributed by atoms with Crippen LogP contribution in [0.25, 0.3) is 0 Å². The first-order valence-corrected chi connectivity index (χ1v) is 11.5. The standard InChI is InChI=1S/C26H22BrN3O5/c1-15-6-4-5-7-21(15)24(33)28-20-11-8-18(9-12-20)25-29-30(16(2)31)26(35-25)22-14-19(27)10-13-23(22)34-17(3)32/h4-14,26H,1-3H3,(H,28,33). The number of nitrogens with one attached hydrogen (secondary N) is 1. The zero-order chi connectivity index (χ0) is 25.1. The Hall–Kier alpha value is -3.98.